The Morgan fingerprint density at radius 2 is 1.74 bits per heavy atom. The number of fused-ring (bicyclic) bond motifs is 1. The van der Waals surface area contributed by atoms with Gasteiger partial charge in [-0.15, -0.1) is 9.69 Å². The first-order chi connectivity index (χ1) is 12.6. The predicted molar refractivity (Wildman–Crippen MR) is 97.8 cm³/mol. The minimum atomic E-state index is -1.08. The van der Waals surface area contributed by atoms with Gasteiger partial charge in [-0.1, -0.05) is 30.3 Å². The monoisotopic (exact) mass is 431 g/mol. The molecule has 1 atom stereocenters. The van der Waals surface area contributed by atoms with E-state index < -0.39 is 5.72 Å². The van der Waals surface area contributed by atoms with Crippen molar-refractivity contribution < 1.29 is 31.7 Å². The van der Waals surface area contributed by atoms with E-state index in [1.165, 1.54) is 12.1 Å². The number of rotatable bonds is 3. The average Bonchev–Trinajstić information content (AvgIpc) is 2.82. The van der Waals surface area contributed by atoms with E-state index in [-0.39, 0.29) is 27.6 Å². The molecule has 2 aliphatic heterocycles. The second-order valence-electron chi connectivity index (χ2n) is 6.92. The molecule has 0 saturated carbocycles. The van der Waals surface area contributed by atoms with Crippen molar-refractivity contribution in [1.82, 2.24) is 5.01 Å². The van der Waals surface area contributed by atoms with Gasteiger partial charge >= 0.3 is 0 Å². The molecule has 2 aromatic rings. The number of hydrazone groups is 1. The summed E-state index contributed by atoms with van der Waals surface area (Å²) < 4.78 is 2.18. The van der Waals surface area contributed by atoms with Gasteiger partial charge in [0.2, 0.25) is 11.4 Å². The van der Waals surface area contributed by atoms with E-state index in [0.29, 0.717) is 6.42 Å². The first-order valence-electron chi connectivity index (χ1n) is 9.03. The summed E-state index contributed by atoms with van der Waals surface area (Å²) in [5.74, 6) is 0. The summed E-state index contributed by atoms with van der Waals surface area (Å²) >= 11 is 0. The fourth-order valence-corrected chi connectivity index (χ4v) is 4.01. The number of nitro groups is 1. The average molecular weight is 432 g/mol. The molecule has 2 aromatic carbocycles. The number of halogens is 1. The van der Waals surface area contributed by atoms with Crippen LogP contribution in [0.4, 0.5) is 5.69 Å². The Balaban J connectivity index is 0.00000210. The van der Waals surface area contributed by atoms with Crippen LogP contribution in [-0.4, -0.2) is 38.5 Å². The van der Waals surface area contributed by atoms with Crippen molar-refractivity contribution in [3.8, 4) is 0 Å². The number of aliphatic hydroxyl groups is 1. The van der Waals surface area contributed by atoms with Gasteiger partial charge in [-0.05, 0) is 25.0 Å². The van der Waals surface area contributed by atoms with Gasteiger partial charge in [-0.2, -0.15) is 0 Å². The van der Waals surface area contributed by atoms with Gasteiger partial charge in [0.15, 0.2) is 6.54 Å². The molecule has 0 aromatic heterocycles. The summed E-state index contributed by atoms with van der Waals surface area (Å²) in [5.41, 5.74) is 1.83. The van der Waals surface area contributed by atoms with Crippen LogP contribution in [0.5, 0.6) is 0 Å². The van der Waals surface area contributed by atoms with Crippen molar-refractivity contribution >= 4 is 11.4 Å². The van der Waals surface area contributed by atoms with Crippen LogP contribution in [0.15, 0.2) is 54.6 Å². The second kappa shape index (κ2) is 7.78. The van der Waals surface area contributed by atoms with Crippen molar-refractivity contribution in [2.75, 3.05) is 13.1 Å². The minimum Gasteiger partial charge on any atom is -1.00 e. The van der Waals surface area contributed by atoms with E-state index in [0.717, 1.165) is 49.2 Å². The number of benzene rings is 2. The zero-order valence-electron chi connectivity index (χ0n) is 14.9. The summed E-state index contributed by atoms with van der Waals surface area (Å²) in [6.45, 7) is 1.64. The maximum absolute atomic E-state index is 11.6. The normalized spacial score (nSPS) is 22.0. The van der Waals surface area contributed by atoms with E-state index in [4.69, 9.17) is 0 Å². The molecule has 2 heterocycles. The Bertz CT molecular complexity index is 855. The maximum atomic E-state index is 11.6. The highest BCUT2D eigenvalue weighted by Crippen LogP contribution is 2.38. The highest BCUT2D eigenvalue weighted by molar-refractivity contribution is 5.98. The molecule has 2 aliphatic rings. The zero-order valence-corrected chi connectivity index (χ0v) is 16.5. The molecular weight excluding hydrogens is 410 g/mol. The van der Waals surface area contributed by atoms with Crippen LogP contribution in [0.2, 0.25) is 0 Å². The van der Waals surface area contributed by atoms with Gasteiger partial charge in [0.25, 0.3) is 5.69 Å². The van der Waals surface area contributed by atoms with Crippen LogP contribution in [0.3, 0.4) is 0 Å². The molecule has 6 nitrogen and oxygen atoms in total. The van der Waals surface area contributed by atoms with Crippen LogP contribution in [-0.2, 0) is 5.72 Å². The van der Waals surface area contributed by atoms with Crippen molar-refractivity contribution in [2.45, 2.75) is 31.4 Å². The highest BCUT2D eigenvalue weighted by atomic mass is 79.9. The van der Waals surface area contributed by atoms with E-state index in [1.807, 2.05) is 30.3 Å². The zero-order chi connectivity index (χ0) is 18.1. The summed E-state index contributed by atoms with van der Waals surface area (Å²) in [7, 11) is 0. The highest BCUT2D eigenvalue weighted by Gasteiger charge is 2.52. The van der Waals surface area contributed by atoms with E-state index >= 15 is 0 Å². The van der Waals surface area contributed by atoms with E-state index in [2.05, 4.69) is 9.69 Å². The topological polar surface area (TPSA) is 69.6 Å². The molecule has 142 valence electrons. The lowest BCUT2D eigenvalue weighted by Gasteiger charge is -2.30. The lowest BCUT2D eigenvalue weighted by atomic mass is 9.94. The third-order valence-electron chi connectivity index (χ3n) is 5.33. The Morgan fingerprint density at radius 3 is 2.41 bits per heavy atom. The Labute approximate surface area is 168 Å². The van der Waals surface area contributed by atoms with Crippen molar-refractivity contribution in [3.05, 3.63) is 75.8 Å². The number of non-ortho nitro benzene ring substituents is 1. The smallest absolute Gasteiger partial charge is 0.269 e. The third kappa shape index (κ3) is 3.49. The summed E-state index contributed by atoms with van der Waals surface area (Å²) in [6.07, 6.45) is 3.71. The van der Waals surface area contributed by atoms with Crippen molar-refractivity contribution in [1.29, 1.82) is 0 Å². The molecule has 0 bridgehead atoms. The predicted octanol–water partition coefficient (Wildman–Crippen LogP) is 0.0503. The van der Waals surface area contributed by atoms with E-state index in [1.54, 1.807) is 12.1 Å². The number of nitro benzene ring substituents is 1. The fourth-order valence-electron chi connectivity index (χ4n) is 4.01. The van der Waals surface area contributed by atoms with Gasteiger partial charge in [0.1, 0.15) is 0 Å². The summed E-state index contributed by atoms with van der Waals surface area (Å²) in [4.78, 5) is 10.5. The second-order valence-corrected chi connectivity index (χ2v) is 6.92. The van der Waals surface area contributed by atoms with Gasteiger partial charge in [0, 0.05) is 29.7 Å². The molecule has 0 radical (unpaired) electrons. The lowest BCUT2D eigenvalue weighted by Crippen LogP contribution is -3.00. The van der Waals surface area contributed by atoms with Gasteiger partial charge in [0.05, 0.1) is 17.9 Å². The summed E-state index contributed by atoms with van der Waals surface area (Å²) in [5, 5.41) is 24.6. The standard InChI is InChI=1S/C20H22N3O3.BrH/c24-20(17-7-3-1-4-8-17)15-19(21-13-5-2-6-14-22(20)21)16-9-11-18(12-10-16)23(25)26;/h1,3-4,7-12,24H,2,5-6,13-15H2;1H/q+1;/p-1. The number of hydrogen-bond donors (Lipinski definition) is 1. The molecule has 1 N–H and O–H groups in total. The number of hydrogen-bond acceptors (Lipinski definition) is 4. The van der Waals surface area contributed by atoms with Crippen LogP contribution in [0.25, 0.3) is 0 Å². The first kappa shape index (κ1) is 19.5. The first-order valence-corrected chi connectivity index (χ1v) is 9.03. The minimum absolute atomic E-state index is 0. The largest absolute Gasteiger partial charge is 1.00 e. The Hall–Kier alpha value is -2.25. The SMILES string of the molecule is O=[N+]([O-])c1ccc(C2=[N+]3CCCCCN3C(O)(c3ccccc3)C2)cc1.[Br-]. The van der Waals surface area contributed by atoms with Gasteiger partial charge in [-0.3, -0.25) is 10.1 Å². The number of hydrazine groups is 1. The fraction of sp³-hybridized carbons (Fsp3) is 0.350. The molecular formula is C20H22BrN3O3. The van der Waals surface area contributed by atoms with Gasteiger partial charge in [-0.25, -0.2) is 0 Å². The van der Waals surface area contributed by atoms with Crippen LogP contribution < -0.4 is 17.0 Å². The van der Waals surface area contributed by atoms with E-state index in [9.17, 15) is 15.2 Å². The molecule has 1 unspecified atom stereocenters. The van der Waals surface area contributed by atoms with Gasteiger partial charge < -0.3 is 22.1 Å². The molecule has 27 heavy (non-hydrogen) atoms. The molecule has 0 spiro atoms. The number of nitrogens with zero attached hydrogens (tertiary/aromatic N) is 3. The van der Waals surface area contributed by atoms with Crippen LogP contribution in [0, 0.1) is 10.1 Å². The Morgan fingerprint density at radius 1 is 1.04 bits per heavy atom. The molecule has 4 rings (SSSR count). The Kier molecular flexibility index (Phi) is 5.62. The quantitative estimate of drug-likeness (QED) is 0.423. The molecule has 0 aliphatic carbocycles. The van der Waals surface area contributed by atoms with Crippen molar-refractivity contribution in [2.24, 2.45) is 0 Å². The lowest BCUT2D eigenvalue weighted by molar-refractivity contribution is -0.706. The molecule has 1 fully saturated rings. The molecule has 1 saturated heterocycles. The van der Waals surface area contributed by atoms with Crippen LogP contribution >= 0.6 is 0 Å². The van der Waals surface area contributed by atoms with Crippen LogP contribution in [0.1, 0.15) is 36.8 Å². The molecule has 0 amide bonds. The van der Waals surface area contributed by atoms with Crippen molar-refractivity contribution in [3.63, 3.8) is 0 Å². The summed E-state index contributed by atoms with van der Waals surface area (Å²) in [6, 6.07) is 16.4. The maximum Gasteiger partial charge on any atom is 0.269 e. The molecule has 7 heteroatoms. The third-order valence-corrected chi connectivity index (χ3v) is 5.33.